The first-order valence-corrected chi connectivity index (χ1v) is 6.09. The largest absolute Gasteiger partial charge is 0.466 e. The van der Waals surface area contributed by atoms with Gasteiger partial charge < -0.3 is 14.8 Å². The molecule has 21 heavy (non-hydrogen) atoms. The second-order valence-electron chi connectivity index (χ2n) is 3.55. The van der Waals surface area contributed by atoms with Gasteiger partial charge in [-0.15, -0.1) is 0 Å². The molecular weight excluding hydrogens is 359 g/mol. The summed E-state index contributed by atoms with van der Waals surface area (Å²) in [6.07, 6.45) is 0.720. The number of anilines is 1. The van der Waals surface area contributed by atoms with Gasteiger partial charge in [0, 0.05) is 6.07 Å². The Balaban J connectivity index is 3.25. The van der Waals surface area contributed by atoms with Crippen molar-refractivity contribution in [1.29, 1.82) is 0 Å². The van der Waals surface area contributed by atoms with Crippen molar-refractivity contribution < 1.29 is 32.2 Å². The lowest BCUT2D eigenvalue weighted by atomic mass is 10.2. The zero-order chi connectivity index (χ0) is 16.2. The molecule has 0 spiro atoms. The second kappa shape index (κ2) is 7.11. The number of hydrogen-bond donors (Lipinski definition) is 1. The highest BCUT2D eigenvalue weighted by Crippen LogP contribution is 2.30. The van der Waals surface area contributed by atoms with Crippen LogP contribution >= 0.6 is 15.9 Å². The van der Waals surface area contributed by atoms with E-state index in [2.05, 4.69) is 30.7 Å². The van der Waals surface area contributed by atoms with Gasteiger partial charge in [0.2, 0.25) is 0 Å². The lowest BCUT2D eigenvalue weighted by Gasteiger charge is -2.12. The van der Waals surface area contributed by atoms with Gasteiger partial charge >= 0.3 is 11.9 Å². The minimum absolute atomic E-state index is 0.313. The highest BCUT2D eigenvalue weighted by atomic mass is 79.9. The summed E-state index contributed by atoms with van der Waals surface area (Å²) in [7, 11) is 2.11. The zero-order valence-electron chi connectivity index (χ0n) is 10.8. The van der Waals surface area contributed by atoms with E-state index in [1.54, 1.807) is 0 Å². The van der Waals surface area contributed by atoms with Gasteiger partial charge in [0.05, 0.1) is 30.5 Å². The van der Waals surface area contributed by atoms with Gasteiger partial charge in [0.25, 0.3) is 0 Å². The summed E-state index contributed by atoms with van der Waals surface area (Å²) in [6, 6.07) is 0.608. The summed E-state index contributed by atoms with van der Waals surface area (Å²) in [4.78, 5) is 22.6. The molecule has 0 aliphatic rings. The van der Waals surface area contributed by atoms with Crippen molar-refractivity contribution in [1.82, 2.24) is 0 Å². The standard InChI is InChI=1S/C12H9BrF3NO4/c1-20-8(18)4-7(12(19)21-2)17-6-3-5(14)10(15)11(16)9(6)13/h3-4,17H,1-2H3/b7-4+. The number of benzene rings is 1. The van der Waals surface area contributed by atoms with Crippen LogP contribution in [-0.2, 0) is 19.1 Å². The van der Waals surface area contributed by atoms with E-state index >= 15 is 0 Å². The summed E-state index contributed by atoms with van der Waals surface area (Å²) >= 11 is 2.71. The fourth-order valence-corrected chi connectivity index (χ4v) is 1.63. The maximum absolute atomic E-state index is 13.4. The average molecular weight is 368 g/mol. The highest BCUT2D eigenvalue weighted by Gasteiger charge is 2.20. The molecule has 1 aromatic carbocycles. The lowest BCUT2D eigenvalue weighted by molar-refractivity contribution is -0.138. The summed E-state index contributed by atoms with van der Waals surface area (Å²) in [5.74, 6) is -6.52. The summed E-state index contributed by atoms with van der Waals surface area (Å²) in [6.45, 7) is 0. The second-order valence-corrected chi connectivity index (χ2v) is 4.34. The Morgan fingerprint density at radius 3 is 2.33 bits per heavy atom. The quantitative estimate of drug-likeness (QED) is 0.383. The van der Waals surface area contributed by atoms with Gasteiger partial charge in [0.15, 0.2) is 17.5 Å². The first-order chi connectivity index (χ1) is 9.81. The molecule has 9 heteroatoms. The minimum Gasteiger partial charge on any atom is -0.466 e. The van der Waals surface area contributed by atoms with Gasteiger partial charge in [0.1, 0.15) is 5.70 Å². The van der Waals surface area contributed by atoms with Crippen LogP contribution in [-0.4, -0.2) is 26.2 Å². The van der Waals surface area contributed by atoms with Crippen LogP contribution in [0.1, 0.15) is 0 Å². The number of carbonyl (C=O) groups is 2. The van der Waals surface area contributed by atoms with Crippen LogP contribution in [0.2, 0.25) is 0 Å². The molecule has 0 aliphatic carbocycles. The third-order valence-corrected chi connectivity index (χ3v) is 3.02. The van der Waals surface area contributed by atoms with Gasteiger partial charge in [-0.05, 0) is 15.9 Å². The molecular formula is C12H9BrF3NO4. The van der Waals surface area contributed by atoms with Gasteiger partial charge in [-0.2, -0.15) is 0 Å². The van der Waals surface area contributed by atoms with E-state index in [4.69, 9.17) is 0 Å². The molecule has 0 heterocycles. The molecule has 0 aromatic heterocycles. The van der Waals surface area contributed by atoms with Crippen LogP contribution in [0, 0.1) is 17.5 Å². The number of halogens is 4. The Labute approximate surface area is 125 Å². The third-order valence-electron chi connectivity index (χ3n) is 2.24. The van der Waals surface area contributed by atoms with E-state index in [0.29, 0.717) is 6.07 Å². The molecule has 0 radical (unpaired) electrons. The van der Waals surface area contributed by atoms with Crippen LogP contribution in [0.25, 0.3) is 0 Å². The monoisotopic (exact) mass is 367 g/mol. The normalized spacial score (nSPS) is 11.0. The van der Waals surface area contributed by atoms with Crippen LogP contribution in [0.5, 0.6) is 0 Å². The number of carbonyl (C=O) groups excluding carboxylic acids is 2. The molecule has 0 amide bonds. The van der Waals surface area contributed by atoms with Gasteiger partial charge in [-0.25, -0.2) is 22.8 Å². The van der Waals surface area contributed by atoms with E-state index in [9.17, 15) is 22.8 Å². The number of ether oxygens (including phenoxy) is 2. The van der Waals surface area contributed by atoms with Crippen molar-refractivity contribution in [3.8, 4) is 0 Å². The van der Waals surface area contributed by atoms with Gasteiger partial charge in [-0.3, -0.25) is 0 Å². The number of nitrogens with one attached hydrogen (secondary N) is 1. The maximum atomic E-state index is 13.4. The minimum atomic E-state index is -1.68. The van der Waals surface area contributed by atoms with Crippen molar-refractivity contribution in [3.63, 3.8) is 0 Å². The topological polar surface area (TPSA) is 64.6 Å². The molecule has 0 unspecified atom stereocenters. The lowest BCUT2D eigenvalue weighted by Crippen LogP contribution is -2.16. The molecule has 5 nitrogen and oxygen atoms in total. The van der Waals surface area contributed by atoms with E-state index in [1.807, 2.05) is 0 Å². The highest BCUT2D eigenvalue weighted by molar-refractivity contribution is 9.10. The number of esters is 2. The van der Waals surface area contributed by atoms with E-state index in [0.717, 1.165) is 20.3 Å². The zero-order valence-corrected chi connectivity index (χ0v) is 12.4. The summed E-state index contributed by atoms with van der Waals surface area (Å²) in [5.41, 5.74) is -0.762. The Hall–Kier alpha value is -2.03. The average Bonchev–Trinajstić information content (AvgIpc) is 2.48. The molecule has 0 saturated carbocycles. The van der Waals surface area contributed by atoms with Crippen molar-refractivity contribution in [2.24, 2.45) is 0 Å². The molecule has 0 saturated heterocycles. The first-order valence-electron chi connectivity index (χ1n) is 5.29. The molecule has 0 fully saturated rings. The molecule has 0 bridgehead atoms. The first kappa shape index (κ1) is 17.0. The molecule has 1 rings (SSSR count). The fraction of sp³-hybridized carbons (Fsp3) is 0.167. The molecule has 1 aromatic rings. The third kappa shape index (κ3) is 3.97. The van der Waals surface area contributed by atoms with Crippen LogP contribution in [0.4, 0.5) is 18.9 Å². The summed E-state index contributed by atoms with van der Waals surface area (Å²) < 4.78 is 47.8. The van der Waals surface area contributed by atoms with Crippen LogP contribution < -0.4 is 5.32 Å². The van der Waals surface area contributed by atoms with Crippen molar-refractivity contribution in [3.05, 3.63) is 39.8 Å². The summed E-state index contributed by atoms with van der Waals surface area (Å²) in [5, 5.41) is 2.26. The van der Waals surface area contributed by atoms with Crippen LogP contribution in [0.15, 0.2) is 22.3 Å². The van der Waals surface area contributed by atoms with E-state index < -0.39 is 39.6 Å². The number of methoxy groups -OCH3 is 2. The Morgan fingerprint density at radius 1 is 1.19 bits per heavy atom. The van der Waals surface area contributed by atoms with Crippen molar-refractivity contribution in [2.45, 2.75) is 0 Å². The predicted molar refractivity (Wildman–Crippen MR) is 69.8 cm³/mol. The SMILES string of the molecule is COC(=O)/C=C(/Nc1cc(F)c(F)c(F)c1Br)C(=O)OC. The van der Waals surface area contributed by atoms with Crippen LogP contribution in [0.3, 0.4) is 0 Å². The Bertz CT molecular complexity index is 619. The maximum Gasteiger partial charge on any atom is 0.354 e. The predicted octanol–water partition coefficient (Wildman–Crippen LogP) is 2.51. The number of hydrogen-bond acceptors (Lipinski definition) is 5. The number of rotatable bonds is 4. The Morgan fingerprint density at radius 2 is 1.81 bits per heavy atom. The molecule has 1 N–H and O–H groups in total. The fourth-order valence-electron chi connectivity index (χ4n) is 1.24. The molecule has 0 aliphatic heterocycles. The smallest absolute Gasteiger partial charge is 0.354 e. The van der Waals surface area contributed by atoms with Gasteiger partial charge in [-0.1, -0.05) is 0 Å². The van der Waals surface area contributed by atoms with Crippen molar-refractivity contribution >= 4 is 33.6 Å². The molecule has 0 atom stereocenters. The van der Waals surface area contributed by atoms with E-state index in [1.165, 1.54) is 0 Å². The molecule has 114 valence electrons. The Kier molecular flexibility index (Phi) is 5.77. The van der Waals surface area contributed by atoms with Crippen molar-refractivity contribution in [2.75, 3.05) is 19.5 Å². The van der Waals surface area contributed by atoms with E-state index in [-0.39, 0.29) is 5.69 Å².